The van der Waals surface area contributed by atoms with E-state index in [9.17, 15) is 4.79 Å². The van der Waals surface area contributed by atoms with Crippen LogP contribution in [0.15, 0.2) is 50.8 Å². The van der Waals surface area contributed by atoms with E-state index in [0.717, 1.165) is 10.0 Å². The second-order valence-corrected chi connectivity index (χ2v) is 8.23. The molecule has 6 nitrogen and oxygen atoms in total. The third-order valence-electron chi connectivity index (χ3n) is 4.23. The van der Waals surface area contributed by atoms with Crippen LogP contribution in [-0.4, -0.2) is 30.1 Å². The standard InChI is InChI=1S/C21H22BrN3O3/c1-21(2,3)20-24-17-9-7-14(22)10-16(17)19(26)25(20)23-12-13-6-8-15(27-4)11-18(13)28-5/h6-12H,1-5H3. The Hall–Kier alpha value is -2.67. The van der Waals surface area contributed by atoms with E-state index in [0.29, 0.717) is 28.2 Å². The third-order valence-corrected chi connectivity index (χ3v) is 4.73. The van der Waals surface area contributed by atoms with Crippen LogP contribution in [0.1, 0.15) is 32.2 Å². The highest BCUT2D eigenvalue weighted by atomic mass is 79.9. The molecule has 0 bridgehead atoms. The maximum Gasteiger partial charge on any atom is 0.282 e. The zero-order valence-electron chi connectivity index (χ0n) is 16.5. The molecule has 0 unspecified atom stereocenters. The molecule has 0 atom stereocenters. The Labute approximate surface area is 171 Å². The van der Waals surface area contributed by atoms with Crippen molar-refractivity contribution in [3.8, 4) is 11.5 Å². The van der Waals surface area contributed by atoms with Crippen LogP contribution < -0.4 is 15.0 Å². The van der Waals surface area contributed by atoms with E-state index in [1.54, 1.807) is 32.6 Å². The molecular formula is C21H22BrN3O3. The number of aromatic nitrogens is 2. The molecule has 0 spiro atoms. The lowest BCUT2D eigenvalue weighted by Crippen LogP contribution is -2.29. The van der Waals surface area contributed by atoms with E-state index >= 15 is 0 Å². The van der Waals surface area contributed by atoms with Crippen LogP contribution in [0, 0.1) is 0 Å². The van der Waals surface area contributed by atoms with E-state index < -0.39 is 0 Å². The van der Waals surface area contributed by atoms with Crippen LogP contribution in [0.2, 0.25) is 0 Å². The summed E-state index contributed by atoms with van der Waals surface area (Å²) in [6.45, 7) is 6.00. The maximum atomic E-state index is 13.2. The van der Waals surface area contributed by atoms with E-state index in [4.69, 9.17) is 14.5 Å². The lowest BCUT2D eigenvalue weighted by Gasteiger charge is -2.21. The van der Waals surface area contributed by atoms with Crippen molar-refractivity contribution >= 4 is 33.0 Å². The minimum Gasteiger partial charge on any atom is -0.497 e. The first kappa shape index (κ1) is 20.1. The van der Waals surface area contributed by atoms with Gasteiger partial charge in [0.1, 0.15) is 17.3 Å². The molecule has 0 aliphatic carbocycles. The molecular weight excluding hydrogens is 422 g/mol. The highest BCUT2D eigenvalue weighted by Gasteiger charge is 2.23. The molecule has 0 amide bonds. The van der Waals surface area contributed by atoms with Gasteiger partial charge in [-0.3, -0.25) is 4.79 Å². The van der Waals surface area contributed by atoms with Crippen molar-refractivity contribution in [2.24, 2.45) is 5.10 Å². The lowest BCUT2D eigenvalue weighted by atomic mass is 9.95. The SMILES string of the molecule is COc1ccc(C=Nn2c(C(C)(C)C)nc3ccc(Br)cc3c2=O)c(OC)c1. The molecule has 0 aliphatic heterocycles. The van der Waals surface area contributed by atoms with Gasteiger partial charge < -0.3 is 9.47 Å². The average Bonchev–Trinajstić information content (AvgIpc) is 2.66. The smallest absolute Gasteiger partial charge is 0.282 e. The number of hydrogen-bond donors (Lipinski definition) is 0. The fourth-order valence-corrected chi connectivity index (χ4v) is 3.15. The maximum absolute atomic E-state index is 13.2. The molecule has 2 aromatic carbocycles. The fourth-order valence-electron chi connectivity index (χ4n) is 2.79. The van der Waals surface area contributed by atoms with Crippen molar-refractivity contribution in [2.45, 2.75) is 26.2 Å². The van der Waals surface area contributed by atoms with Gasteiger partial charge in [-0.2, -0.15) is 9.78 Å². The molecule has 28 heavy (non-hydrogen) atoms. The summed E-state index contributed by atoms with van der Waals surface area (Å²) < 4.78 is 12.8. The molecule has 1 heterocycles. The summed E-state index contributed by atoms with van der Waals surface area (Å²) in [6.07, 6.45) is 1.60. The van der Waals surface area contributed by atoms with Gasteiger partial charge in [-0.25, -0.2) is 4.98 Å². The first-order valence-corrected chi connectivity index (χ1v) is 9.53. The number of benzene rings is 2. The molecule has 0 saturated heterocycles. The van der Waals surface area contributed by atoms with E-state index in [1.165, 1.54) is 4.68 Å². The predicted molar refractivity (Wildman–Crippen MR) is 115 cm³/mol. The van der Waals surface area contributed by atoms with Crippen molar-refractivity contribution in [3.05, 3.63) is 62.6 Å². The zero-order chi connectivity index (χ0) is 20.5. The number of methoxy groups -OCH3 is 2. The molecule has 146 valence electrons. The Kier molecular flexibility index (Phi) is 5.56. The Morgan fingerprint density at radius 2 is 1.86 bits per heavy atom. The topological polar surface area (TPSA) is 65.7 Å². The second-order valence-electron chi connectivity index (χ2n) is 7.32. The molecule has 0 N–H and O–H groups in total. The fraction of sp³-hybridized carbons (Fsp3) is 0.286. The minimum absolute atomic E-state index is 0.222. The normalized spacial score (nSPS) is 11.9. The van der Waals surface area contributed by atoms with Gasteiger partial charge in [0.25, 0.3) is 5.56 Å². The lowest BCUT2D eigenvalue weighted by molar-refractivity contribution is 0.394. The summed E-state index contributed by atoms with van der Waals surface area (Å²) in [5, 5.41) is 4.97. The summed E-state index contributed by atoms with van der Waals surface area (Å²) in [6, 6.07) is 10.9. The van der Waals surface area contributed by atoms with Crippen molar-refractivity contribution in [3.63, 3.8) is 0 Å². The van der Waals surface area contributed by atoms with Crippen LogP contribution in [0.3, 0.4) is 0 Å². The Morgan fingerprint density at radius 1 is 1.11 bits per heavy atom. The van der Waals surface area contributed by atoms with Gasteiger partial charge >= 0.3 is 0 Å². The Balaban J connectivity index is 2.21. The summed E-state index contributed by atoms with van der Waals surface area (Å²) in [4.78, 5) is 17.9. The number of ether oxygens (including phenoxy) is 2. The largest absolute Gasteiger partial charge is 0.497 e. The van der Waals surface area contributed by atoms with E-state index in [2.05, 4.69) is 21.0 Å². The van der Waals surface area contributed by atoms with Crippen LogP contribution in [0.5, 0.6) is 11.5 Å². The molecule has 0 radical (unpaired) electrons. The summed E-state index contributed by atoms with van der Waals surface area (Å²) in [5.41, 5.74) is 0.776. The number of rotatable bonds is 4. The summed E-state index contributed by atoms with van der Waals surface area (Å²) in [5.74, 6) is 1.86. The number of nitrogens with zero attached hydrogens (tertiary/aromatic N) is 3. The zero-order valence-corrected chi connectivity index (χ0v) is 18.1. The number of halogens is 1. The van der Waals surface area contributed by atoms with Gasteiger partial charge in [-0.15, -0.1) is 0 Å². The Morgan fingerprint density at radius 3 is 2.50 bits per heavy atom. The molecule has 3 rings (SSSR count). The number of hydrogen-bond acceptors (Lipinski definition) is 5. The van der Waals surface area contributed by atoms with Crippen LogP contribution >= 0.6 is 15.9 Å². The molecule has 0 fully saturated rings. The van der Waals surface area contributed by atoms with Crippen molar-refractivity contribution in [2.75, 3.05) is 14.2 Å². The van der Waals surface area contributed by atoms with Gasteiger partial charge in [-0.05, 0) is 30.3 Å². The summed E-state index contributed by atoms with van der Waals surface area (Å²) >= 11 is 3.41. The van der Waals surface area contributed by atoms with Crippen molar-refractivity contribution in [1.82, 2.24) is 9.66 Å². The van der Waals surface area contributed by atoms with E-state index in [-0.39, 0.29) is 11.0 Å². The molecule has 0 aliphatic rings. The molecule has 0 saturated carbocycles. The van der Waals surface area contributed by atoms with Crippen LogP contribution in [0.25, 0.3) is 10.9 Å². The van der Waals surface area contributed by atoms with Gasteiger partial charge in [0.05, 0.1) is 31.3 Å². The van der Waals surface area contributed by atoms with Gasteiger partial charge in [0.15, 0.2) is 0 Å². The quantitative estimate of drug-likeness (QED) is 0.561. The van der Waals surface area contributed by atoms with E-state index in [1.807, 2.05) is 45.0 Å². The summed E-state index contributed by atoms with van der Waals surface area (Å²) in [7, 11) is 3.17. The highest BCUT2D eigenvalue weighted by Crippen LogP contribution is 2.25. The van der Waals surface area contributed by atoms with Gasteiger partial charge in [0.2, 0.25) is 0 Å². The second kappa shape index (κ2) is 7.75. The first-order chi connectivity index (χ1) is 13.2. The highest BCUT2D eigenvalue weighted by molar-refractivity contribution is 9.10. The molecule has 1 aromatic heterocycles. The van der Waals surface area contributed by atoms with Gasteiger partial charge in [0, 0.05) is 21.5 Å². The monoisotopic (exact) mass is 443 g/mol. The first-order valence-electron chi connectivity index (χ1n) is 8.74. The molecule has 7 heteroatoms. The van der Waals surface area contributed by atoms with Crippen molar-refractivity contribution < 1.29 is 9.47 Å². The average molecular weight is 444 g/mol. The van der Waals surface area contributed by atoms with Crippen LogP contribution in [-0.2, 0) is 5.41 Å². The third kappa shape index (κ3) is 3.94. The van der Waals surface area contributed by atoms with Crippen LogP contribution in [0.4, 0.5) is 0 Å². The van der Waals surface area contributed by atoms with Gasteiger partial charge in [-0.1, -0.05) is 36.7 Å². The predicted octanol–water partition coefficient (Wildman–Crippen LogP) is 4.36. The minimum atomic E-state index is -0.373. The Bertz CT molecular complexity index is 1110. The number of fused-ring (bicyclic) bond motifs is 1. The molecule has 3 aromatic rings. The van der Waals surface area contributed by atoms with Crippen molar-refractivity contribution in [1.29, 1.82) is 0 Å².